The fraction of sp³-hybridized carbons (Fsp3) is 0.562. The molecule has 1 aliphatic heterocycles. The highest BCUT2D eigenvalue weighted by Crippen LogP contribution is 2.22. The fourth-order valence-electron chi connectivity index (χ4n) is 2.61. The maximum Gasteiger partial charge on any atom is 0.228 e. The summed E-state index contributed by atoms with van der Waals surface area (Å²) in [5.41, 5.74) is 7.69. The minimum atomic E-state index is -0.100. The van der Waals surface area contributed by atoms with Crippen molar-refractivity contribution in [2.75, 3.05) is 29.9 Å². The highest BCUT2D eigenvalue weighted by Gasteiger charge is 2.15. The number of hydrogen-bond acceptors (Lipinski definition) is 3. The fourth-order valence-corrected chi connectivity index (χ4v) is 2.61. The van der Waals surface area contributed by atoms with Gasteiger partial charge in [0.2, 0.25) is 5.91 Å². The smallest absolute Gasteiger partial charge is 0.228 e. The molecular formula is C16H25N3O. The number of amides is 1. The van der Waals surface area contributed by atoms with Gasteiger partial charge >= 0.3 is 0 Å². The molecule has 1 aliphatic rings. The van der Waals surface area contributed by atoms with Gasteiger partial charge in [0.25, 0.3) is 0 Å². The number of piperidine rings is 1. The average Bonchev–Trinajstić information content (AvgIpc) is 2.50. The van der Waals surface area contributed by atoms with Crippen molar-refractivity contribution in [3.8, 4) is 0 Å². The van der Waals surface area contributed by atoms with Crippen molar-refractivity contribution in [3.05, 3.63) is 24.3 Å². The SMILES string of the molecule is CCC(CN)C(=O)Nc1ccc(N2CCCCC2)cc1. The molecule has 1 unspecified atom stereocenters. The second-order valence-corrected chi connectivity index (χ2v) is 5.42. The van der Waals surface area contributed by atoms with Gasteiger partial charge in [-0.2, -0.15) is 0 Å². The van der Waals surface area contributed by atoms with Crippen molar-refractivity contribution in [2.45, 2.75) is 32.6 Å². The molecule has 3 N–H and O–H groups in total. The van der Waals surface area contributed by atoms with Gasteiger partial charge in [-0.25, -0.2) is 0 Å². The van der Waals surface area contributed by atoms with Crippen LogP contribution in [0.15, 0.2) is 24.3 Å². The molecule has 1 aromatic rings. The van der Waals surface area contributed by atoms with Gasteiger partial charge in [0.15, 0.2) is 0 Å². The van der Waals surface area contributed by atoms with E-state index in [4.69, 9.17) is 5.73 Å². The third kappa shape index (κ3) is 3.73. The second-order valence-electron chi connectivity index (χ2n) is 5.42. The summed E-state index contributed by atoms with van der Waals surface area (Å²) < 4.78 is 0. The first-order valence-electron chi connectivity index (χ1n) is 7.60. The van der Waals surface area contributed by atoms with E-state index in [9.17, 15) is 4.79 Å². The Balaban J connectivity index is 1.95. The number of hydrogen-bond donors (Lipinski definition) is 2. The van der Waals surface area contributed by atoms with Gasteiger partial charge in [0.1, 0.15) is 0 Å². The molecule has 110 valence electrons. The van der Waals surface area contributed by atoms with Crippen molar-refractivity contribution in [2.24, 2.45) is 11.7 Å². The summed E-state index contributed by atoms with van der Waals surface area (Å²) in [6.07, 6.45) is 4.65. The second kappa shape index (κ2) is 7.29. The quantitative estimate of drug-likeness (QED) is 0.868. The van der Waals surface area contributed by atoms with Gasteiger partial charge in [-0.3, -0.25) is 4.79 Å². The van der Waals surface area contributed by atoms with E-state index in [0.717, 1.165) is 25.2 Å². The molecule has 2 rings (SSSR count). The standard InChI is InChI=1S/C16H25N3O/c1-2-13(12-17)16(20)18-14-6-8-15(9-7-14)19-10-4-3-5-11-19/h6-9,13H,2-5,10-12,17H2,1H3,(H,18,20). The zero-order valence-corrected chi connectivity index (χ0v) is 12.3. The monoisotopic (exact) mass is 275 g/mol. The van der Waals surface area contributed by atoms with Gasteiger partial charge in [0, 0.05) is 31.0 Å². The molecular weight excluding hydrogens is 250 g/mol. The molecule has 0 aromatic heterocycles. The molecule has 1 heterocycles. The molecule has 1 saturated heterocycles. The molecule has 1 fully saturated rings. The van der Waals surface area contributed by atoms with Crippen LogP contribution >= 0.6 is 0 Å². The van der Waals surface area contributed by atoms with Crippen LogP contribution in [0.5, 0.6) is 0 Å². The summed E-state index contributed by atoms with van der Waals surface area (Å²) in [5, 5.41) is 2.94. The predicted molar refractivity (Wildman–Crippen MR) is 84.0 cm³/mol. The lowest BCUT2D eigenvalue weighted by Gasteiger charge is -2.28. The van der Waals surface area contributed by atoms with Crippen LogP contribution in [-0.4, -0.2) is 25.5 Å². The van der Waals surface area contributed by atoms with E-state index in [-0.39, 0.29) is 11.8 Å². The number of rotatable bonds is 5. The number of nitrogens with one attached hydrogen (secondary N) is 1. The van der Waals surface area contributed by atoms with E-state index in [1.807, 2.05) is 19.1 Å². The van der Waals surface area contributed by atoms with E-state index >= 15 is 0 Å². The zero-order chi connectivity index (χ0) is 14.4. The predicted octanol–water partition coefficient (Wildman–Crippen LogP) is 2.60. The van der Waals surface area contributed by atoms with Gasteiger partial charge in [-0.15, -0.1) is 0 Å². The molecule has 0 radical (unpaired) electrons. The Morgan fingerprint density at radius 1 is 1.25 bits per heavy atom. The van der Waals surface area contributed by atoms with Crippen LogP contribution in [0.1, 0.15) is 32.6 Å². The van der Waals surface area contributed by atoms with E-state index in [2.05, 4.69) is 22.3 Å². The number of carbonyl (C=O) groups excluding carboxylic acids is 1. The Hall–Kier alpha value is -1.55. The molecule has 4 heteroatoms. The number of carbonyl (C=O) groups is 1. The maximum atomic E-state index is 12.0. The van der Waals surface area contributed by atoms with Gasteiger partial charge in [-0.1, -0.05) is 6.92 Å². The lowest BCUT2D eigenvalue weighted by Crippen LogP contribution is -2.29. The highest BCUT2D eigenvalue weighted by molar-refractivity contribution is 5.92. The van der Waals surface area contributed by atoms with Crippen molar-refractivity contribution < 1.29 is 4.79 Å². The molecule has 0 bridgehead atoms. The van der Waals surface area contributed by atoms with Crippen LogP contribution in [0.3, 0.4) is 0 Å². The number of anilines is 2. The minimum absolute atomic E-state index is 0.0146. The molecule has 1 aromatic carbocycles. The zero-order valence-electron chi connectivity index (χ0n) is 12.3. The molecule has 0 spiro atoms. The third-order valence-electron chi connectivity index (χ3n) is 4.00. The first-order chi connectivity index (χ1) is 9.74. The molecule has 20 heavy (non-hydrogen) atoms. The highest BCUT2D eigenvalue weighted by atomic mass is 16.1. The van der Waals surface area contributed by atoms with Crippen LogP contribution < -0.4 is 16.0 Å². The first-order valence-corrected chi connectivity index (χ1v) is 7.60. The first kappa shape index (κ1) is 14.9. The van der Waals surface area contributed by atoms with Gasteiger partial charge in [-0.05, 0) is 49.9 Å². The average molecular weight is 275 g/mol. The topological polar surface area (TPSA) is 58.4 Å². The molecule has 0 saturated carbocycles. The minimum Gasteiger partial charge on any atom is -0.372 e. The lowest BCUT2D eigenvalue weighted by atomic mass is 10.1. The Morgan fingerprint density at radius 3 is 2.45 bits per heavy atom. The Labute approximate surface area is 121 Å². The molecule has 0 aliphatic carbocycles. The molecule has 1 atom stereocenters. The van der Waals surface area contributed by atoms with Gasteiger partial charge < -0.3 is 16.0 Å². The summed E-state index contributed by atoms with van der Waals surface area (Å²) in [4.78, 5) is 14.4. The summed E-state index contributed by atoms with van der Waals surface area (Å²) >= 11 is 0. The lowest BCUT2D eigenvalue weighted by molar-refractivity contribution is -0.119. The normalized spacial score (nSPS) is 16.8. The summed E-state index contributed by atoms with van der Waals surface area (Å²) in [5.74, 6) is -0.0857. The maximum absolute atomic E-state index is 12.0. The number of nitrogens with zero attached hydrogens (tertiary/aromatic N) is 1. The van der Waals surface area contributed by atoms with Crippen LogP contribution in [0.25, 0.3) is 0 Å². The molecule has 1 amide bonds. The van der Waals surface area contributed by atoms with Crippen molar-refractivity contribution in [1.29, 1.82) is 0 Å². The van der Waals surface area contributed by atoms with E-state index in [1.165, 1.54) is 24.9 Å². The van der Waals surface area contributed by atoms with E-state index in [1.54, 1.807) is 0 Å². The van der Waals surface area contributed by atoms with E-state index in [0.29, 0.717) is 6.54 Å². The largest absolute Gasteiger partial charge is 0.372 e. The van der Waals surface area contributed by atoms with Crippen molar-refractivity contribution >= 4 is 17.3 Å². The number of nitrogens with two attached hydrogens (primary N) is 1. The van der Waals surface area contributed by atoms with Crippen molar-refractivity contribution in [3.63, 3.8) is 0 Å². The summed E-state index contributed by atoms with van der Waals surface area (Å²) in [6.45, 7) is 4.65. The Bertz CT molecular complexity index is 420. The number of benzene rings is 1. The van der Waals surface area contributed by atoms with Crippen LogP contribution in [0.2, 0.25) is 0 Å². The van der Waals surface area contributed by atoms with Gasteiger partial charge in [0.05, 0.1) is 5.92 Å². The molecule has 4 nitrogen and oxygen atoms in total. The van der Waals surface area contributed by atoms with Crippen LogP contribution in [0, 0.1) is 5.92 Å². The Morgan fingerprint density at radius 2 is 1.90 bits per heavy atom. The Kier molecular flexibility index (Phi) is 5.41. The van der Waals surface area contributed by atoms with E-state index < -0.39 is 0 Å². The van der Waals surface area contributed by atoms with Crippen LogP contribution in [0.4, 0.5) is 11.4 Å². The summed E-state index contributed by atoms with van der Waals surface area (Å²) in [7, 11) is 0. The van der Waals surface area contributed by atoms with Crippen LogP contribution in [-0.2, 0) is 4.79 Å². The third-order valence-corrected chi connectivity index (χ3v) is 4.00. The van der Waals surface area contributed by atoms with Crippen molar-refractivity contribution in [1.82, 2.24) is 0 Å². The summed E-state index contributed by atoms with van der Waals surface area (Å²) in [6, 6.07) is 8.13.